The van der Waals surface area contributed by atoms with E-state index in [0.717, 1.165) is 16.8 Å². The molecule has 0 aliphatic carbocycles. The number of aryl methyl sites for hydroxylation is 3. The van der Waals surface area contributed by atoms with Crippen LogP contribution in [0, 0.1) is 26.6 Å². The summed E-state index contributed by atoms with van der Waals surface area (Å²) in [7, 11) is 0. The molecule has 41 heavy (non-hydrogen) atoms. The third kappa shape index (κ3) is 6.11. The predicted octanol–water partition coefficient (Wildman–Crippen LogP) is 6.43. The normalized spacial score (nSPS) is 14.4. The van der Waals surface area contributed by atoms with Crippen LogP contribution in [-0.2, 0) is 6.18 Å². The van der Waals surface area contributed by atoms with Gasteiger partial charge in [0, 0.05) is 31.8 Å². The Kier molecular flexibility index (Phi) is 7.60. The Morgan fingerprint density at radius 2 is 1.85 bits per heavy atom. The Labute approximate surface area is 236 Å². The highest BCUT2D eigenvalue weighted by Gasteiger charge is 2.42. The number of rotatable bonds is 6. The van der Waals surface area contributed by atoms with E-state index in [1.807, 2.05) is 13.8 Å². The van der Waals surface area contributed by atoms with Crippen molar-refractivity contribution in [1.29, 1.82) is 0 Å². The Morgan fingerprint density at radius 3 is 2.51 bits per heavy atom. The first-order chi connectivity index (χ1) is 19.4. The van der Waals surface area contributed by atoms with Gasteiger partial charge in [0.1, 0.15) is 10.8 Å². The molecule has 1 aliphatic heterocycles. The van der Waals surface area contributed by atoms with E-state index in [9.17, 15) is 18.0 Å². The highest BCUT2D eigenvalue weighted by atomic mass is 35.5. The summed E-state index contributed by atoms with van der Waals surface area (Å²) in [5.41, 5.74) is 1.80. The maximum atomic E-state index is 15.2. The van der Waals surface area contributed by atoms with Crippen LogP contribution in [0.5, 0.6) is 0 Å². The molecule has 0 bridgehead atoms. The quantitative estimate of drug-likeness (QED) is 0.219. The highest BCUT2D eigenvalue weighted by molar-refractivity contribution is 6.32. The fourth-order valence-electron chi connectivity index (χ4n) is 4.78. The van der Waals surface area contributed by atoms with Crippen molar-refractivity contribution in [2.45, 2.75) is 45.7 Å². The number of likely N-dealkylation sites (tertiary alicyclic amines) is 1. The summed E-state index contributed by atoms with van der Waals surface area (Å²) in [6.07, 6.45) is -2.56. The van der Waals surface area contributed by atoms with Gasteiger partial charge in [-0.2, -0.15) is 23.3 Å². The molecule has 0 radical (unpaired) electrons. The van der Waals surface area contributed by atoms with Gasteiger partial charge < -0.3 is 20.0 Å². The van der Waals surface area contributed by atoms with Crippen LogP contribution in [0.15, 0.2) is 28.8 Å². The first-order valence-corrected chi connectivity index (χ1v) is 13.0. The number of H-pyrrole nitrogens is 1. The van der Waals surface area contributed by atoms with E-state index in [4.69, 9.17) is 11.6 Å². The first-order valence-electron chi connectivity index (χ1n) is 12.6. The van der Waals surface area contributed by atoms with E-state index in [1.54, 1.807) is 12.1 Å². The molecule has 0 saturated carbocycles. The molecule has 5 rings (SSSR count). The van der Waals surface area contributed by atoms with Crippen LogP contribution in [0.1, 0.15) is 57.7 Å². The Bertz CT molecular complexity index is 1590. The largest absolute Gasteiger partial charge is 0.452 e. The predicted molar refractivity (Wildman–Crippen MR) is 142 cm³/mol. The van der Waals surface area contributed by atoms with Crippen molar-refractivity contribution in [1.82, 2.24) is 30.0 Å². The van der Waals surface area contributed by atoms with Crippen LogP contribution in [0.4, 0.5) is 40.8 Å². The van der Waals surface area contributed by atoms with Gasteiger partial charge in [0.05, 0.1) is 11.9 Å². The van der Waals surface area contributed by atoms with E-state index >= 15 is 4.39 Å². The van der Waals surface area contributed by atoms with Crippen LogP contribution >= 0.6 is 11.6 Å². The number of carbonyl (C=O) groups is 1. The lowest BCUT2D eigenvalue weighted by Gasteiger charge is -2.32. The van der Waals surface area contributed by atoms with Gasteiger partial charge in [-0.05, 0) is 55.9 Å². The number of nitrogens with one attached hydrogen (secondary N) is 3. The second-order valence-electron chi connectivity index (χ2n) is 9.74. The molecule has 0 spiro atoms. The Morgan fingerprint density at radius 1 is 1.12 bits per heavy atom. The minimum atomic E-state index is -4.83. The number of alkyl halides is 3. The number of hydrogen-bond acceptors (Lipinski definition) is 8. The molecule has 1 amide bonds. The number of halogens is 5. The van der Waals surface area contributed by atoms with Gasteiger partial charge in [-0.15, -0.1) is 0 Å². The molecule has 3 N–H and O–H groups in total. The Balaban J connectivity index is 1.27. The molecule has 1 aliphatic rings. The molecule has 15 heteroatoms. The summed E-state index contributed by atoms with van der Waals surface area (Å²) < 4.78 is 59.7. The number of anilines is 4. The molecule has 216 valence electrons. The molecular formula is C26H25ClF4N8O2. The lowest BCUT2D eigenvalue weighted by atomic mass is 9.86. The highest BCUT2D eigenvalue weighted by Crippen LogP contribution is 2.36. The van der Waals surface area contributed by atoms with Gasteiger partial charge in [-0.25, -0.2) is 14.4 Å². The molecule has 1 aromatic carbocycles. The third-order valence-corrected chi connectivity index (χ3v) is 6.99. The van der Waals surface area contributed by atoms with Gasteiger partial charge in [0.2, 0.25) is 11.7 Å². The molecule has 0 unspecified atom stereocenters. The van der Waals surface area contributed by atoms with Crippen molar-refractivity contribution < 1.29 is 26.8 Å². The van der Waals surface area contributed by atoms with Gasteiger partial charge in [0.25, 0.3) is 5.91 Å². The van der Waals surface area contributed by atoms with Crippen LogP contribution < -0.4 is 10.6 Å². The van der Waals surface area contributed by atoms with Crippen LogP contribution in [-0.4, -0.2) is 49.0 Å². The molecule has 10 nitrogen and oxygen atoms in total. The van der Waals surface area contributed by atoms with E-state index in [-0.39, 0.29) is 47.4 Å². The number of nitrogens with zero attached hydrogens (tertiary/aromatic N) is 5. The summed E-state index contributed by atoms with van der Waals surface area (Å²) in [5, 5.41) is 13.0. The summed E-state index contributed by atoms with van der Waals surface area (Å²) >= 11 is 6.20. The second-order valence-corrected chi connectivity index (χ2v) is 10.1. The fraction of sp³-hybridized carbons (Fsp3) is 0.346. The number of amides is 1. The van der Waals surface area contributed by atoms with Crippen molar-refractivity contribution in [3.8, 4) is 0 Å². The van der Waals surface area contributed by atoms with Crippen LogP contribution in [0.2, 0.25) is 5.02 Å². The summed E-state index contributed by atoms with van der Waals surface area (Å²) in [4.78, 5) is 26.3. The third-order valence-electron chi connectivity index (χ3n) is 6.71. The van der Waals surface area contributed by atoms with E-state index in [2.05, 4.69) is 40.2 Å². The molecule has 1 fully saturated rings. The Hall–Kier alpha value is -4.20. The number of aromatic amines is 1. The number of oxazole rings is 1. The van der Waals surface area contributed by atoms with Gasteiger partial charge in [-0.1, -0.05) is 11.6 Å². The zero-order valence-electron chi connectivity index (χ0n) is 22.2. The minimum absolute atomic E-state index is 0.0939. The standard InChI is InChI=1S/C26H25ClF4N8O2/c1-12-8-19(34-25-32-11-17(27)23(36-25)35-20-9-13(2)37-38-20)18(28)10-16(12)15-4-6-39(7-5-15)24(40)21-22(26(29,30)31)41-14(3)33-21/h8-11,15H,4-7H2,1-3H3,(H3,32,34,35,36,37,38). The summed E-state index contributed by atoms with van der Waals surface area (Å²) in [6.45, 7) is 5.32. The maximum Gasteiger partial charge on any atom is 0.452 e. The number of carbonyl (C=O) groups excluding carboxylic acids is 1. The van der Waals surface area contributed by atoms with Gasteiger partial charge in [-0.3, -0.25) is 9.89 Å². The summed E-state index contributed by atoms with van der Waals surface area (Å²) in [5.74, 6) is -2.19. The average Bonchev–Trinajstić information content (AvgIpc) is 3.52. The molecule has 0 atom stereocenters. The lowest BCUT2D eigenvalue weighted by molar-refractivity contribution is -0.153. The van der Waals surface area contributed by atoms with Crippen LogP contribution in [0.3, 0.4) is 0 Å². The second kappa shape index (κ2) is 11.0. The SMILES string of the molecule is Cc1cc(Nc2nc(Nc3cc(C)c(C4CCN(C(=O)c5nc(C)oc5C(F)(F)F)CC4)cc3F)ncc2Cl)n[nH]1. The smallest absolute Gasteiger partial charge is 0.436 e. The van der Waals surface area contributed by atoms with Crippen molar-refractivity contribution in [3.05, 3.63) is 69.4 Å². The molecule has 1 saturated heterocycles. The van der Waals surface area contributed by atoms with Crippen molar-refractivity contribution in [3.63, 3.8) is 0 Å². The average molecular weight is 593 g/mol. The fourth-order valence-corrected chi connectivity index (χ4v) is 4.92. The molecular weight excluding hydrogens is 568 g/mol. The first kappa shape index (κ1) is 28.3. The molecule has 4 heterocycles. The van der Waals surface area contributed by atoms with E-state index in [1.165, 1.54) is 24.1 Å². The van der Waals surface area contributed by atoms with Crippen molar-refractivity contribution in [2.75, 3.05) is 23.7 Å². The van der Waals surface area contributed by atoms with Crippen LogP contribution in [0.25, 0.3) is 0 Å². The number of hydrogen-bond donors (Lipinski definition) is 3. The zero-order valence-corrected chi connectivity index (χ0v) is 22.9. The number of aromatic nitrogens is 5. The summed E-state index contributed by atoms with van der Waals surface area (Å²) in [6, 6.07) is 4.82. The zero-order chi connectivity index (χ0) is 29.5. The maximum absolute atomic E-state index is 15.2. The van der Waals surface area contributed by atoms with E-state index < -0.39 is 29.4 Å². The van der Waals surface area contributed by atoms with Crippen molar-refractivity contribution in [2.24, 2.45) is 0 Å². The van der Waals surface area contributed by atoms with Crippen molar-refractivity contribution >= 4 is 40.8 Å². The monoisotopic (exact) mass is 592 g/mol. The molecule has 4 aromatic rings. The lowest BCUT2D eigenvalue weighted by Crippen LogP contribution is -2.39. The minimum Gasteiger partial charge on any atom is -0.436 e. The molecule has 3 aromatic heterocycles. The van der Waals surface area contributed by atoms with Gasteiger partial charge in [0.15, 0.2) is 23.2 Å². The number of piperidine rings is 1. The van der Waals surface area contributed by atoms with E-state index in [0.29, 0.717) is 18.7 Å². The number of benzene rings is 1. The van der Waals surface area contributed by atoms with Gasteiger partial charge >= 0.3 is 6.18 Å². The topological polar surface area (TPSA) is 125 Å².